The van der Waals surface area contributed by atoms with Crippen LogP contribution in [0.15, 0.2) is 29.2 Å². The van der Waals surface area contributed by atoms with Crippen molar-refractivity contribution in [3.63, 3.8) is 0 Å². The summed E-state index contributed by atoms with van der Waals surface area (Å²) in [5, 5.41) is 9.22. The van der Waals surface area contributed by atoms with Crippen LogP contribution in [0.5, 0.6) is 0 Å². The van der Waals surface area contributed by atoms with E-state index in [0.717, 1.165) is 12.0 Å². The molecular weight excluding hydrogens is 208 g/mol. The van der Waals surface area contributed by atoms with Gasteiger partial charge in [0.15, 0.2) is 0 Å². The Kier molecular flexibility index (Phi) is 4.69. The van der Waals surface area contributed by atoms with E-state index in [0.29, 0.717) is 5.25 Å². The van der Waals surface area contributed by atoms with Crippen LogP contribution in [-0.4, -0.2) is 16.3 Å². The predicted octanol–water partition coefficient (Wildman–Crippen LogP) is 3.20. The molecule has 82 valence electrons. The highest BCUT2D eigenvalue weighted by Gasteiger charge is 2.03. The van der Waals surface area contributed by atoms with E-state index in [1.807, 2.05) is 36.0 Å². The molecule has 1 atom stereocenters. The molecule has 0 saturated carbocycles. The average molecular weight is 224 g/mol. The fraction of sp³-hybridized carbons (Fsp3) is 0.417. The number of carboxylic acid groups (broad SMARTS) is 1. The van der Waals surface area contributed by atoms with Crippen molar-refractivity contribution in [2.45, 2.75) is 36.8 Å². The van der Waals surface area contributed by atoms with Gasteiger partial charge in [-0.25, -0.2) is 0 Å². The van der Waals surface area contributed by atoms with Crippen LogP contribution in [0.25, 0.3) is 0 Å². The number of rotatable bonds is 5. The molecule has 1 aromatic rings. The van der Waals surface area contributed by atoms with Gasteiger partial charge in [0.1, 0.15) is 0 Å². The first-order chi connectivity index (χ1) is 7.11. The van der Waals surface area contributed by atoms with E-state index in [1.165, 1.54) is 4.90 Å². The van der Waals surface area contributed by atoms with Crippen LogP contribution in [0.3, 0.4) is 0 Å². The van der Waals surface area contributed by atoms with Crippen molar-refractivity contribution in [2.75, 3.05) is 0 Å². The van der Waals surface area contributed by atoms with Crippen LogP contribution in [0.1, 0.15) is 25.8 Å². The molecule has 0 aromatic heterocycles. The number of benzene rings is 1. The van der Waals surface area contributed by atoms with Crippen LogP contribution < -0.4 is 0 Å². The fourth-order valence-electron chi connectivity index (χ4n) is 1.18. The Morgan fingerprint density at radius 1 is 1.40 bits per heavy atom. The lowest BCUT2D eigenvalue weighted by molar-refractivity contribution is -0.136. The molecule has 0 aliphatic rings. The van der Waals surface area contributed by atoms with Gasteiger partial charge >= 0.3 is 5.97 Å². The molecule has 0 heterocycles. The predicted molar refractivity (Wildman–Crippen MR) is 63.4 cm³/mol. The smallest absolute Gasteiger partial charge is 0.307 e. The minimum atomic E-state index is -0.780. The number of carboxylic acids is 1. The number of hydrogen-bond acceptors (Lipinski definition) is 2. The van der Waals surface area contributed by atoms with E-state index in [2.05, 4.69) is 13.8 Å². The third-order valence-electron chi connectivity index (χ3n) is 2.19. The molecule has 0 aliphatic heterocycles. The summed E-state index contributed by atoms with van der Waals surface area (Å²) < 4.78 is 0. The fourth-order valence-corrected chi connectivity index (χ4v) is 2.10. The maximum absolute atomic E-state index is 10.5. The molecule has 1 aromatic carbocycles. The first-order valence-electron chi connectivity index (χ1n) is 5.09. The lowest BCUT2D eigenvalue weighted by Crippen LogP contribution is -1.99. The van der Waals surface area contributed by atoms with Gasteiger partial charge in [-0.05, 0) is 24.1 Å². The third kappa shape index (κ3) is 4.38. The largest absolute Gasteiger partial charge is 0.481 e. The highest BCUT2D eigenvalue weighted by atomic mass is 32.2. The summed E-state index contributed by atoms with van der Waals surface area (Å²) in [6.45, 7) is 4.35. The Labute approximate surface area is 94.7 Å². The van der Waals surface area contributed by atoms with E-state index in [9.17, 15) is 4.79 Å². The van der Waals surface area contributed by atoms with Crippen molar-refractivity contribution in [3.05, 3.63) is 29.8 Å². The number of carbonyl (C=O) groups is 1. The molecule has 1 N–H and O–H groups in total. The first-order valence-corrected chi connectivity index (χ1v) is 5.97. The van der Waals surface area contributed by atoms with Crippen molar-refractivity contribution in [1.82, 2.24) is 0 Å². The van der Waals surface area contributed by atoms with Gasteiger partial charge in [-0.1, -0.05) is 26.0 Å². The first kappa shape index (κ1) is 12.1. The van der Waals surface area contributed by atoms with Crippen LogP contribution in [0.4, 0.5) is 0 Å². The second-order valence-electron chi connectivity index (χ2n) is 3.55. The summed E-state index contributed by atoms with van der Waals surface area (Å²) >= 11 is 1.82. The zero-order valence-corrected chi connectivity index (χ0v) is 9.88. The molecule has 3 heteroatoms. The molecule has 0 fully saturated rings. The van der Waals surface area contributed by atoms with Gasteiger partial charge in [0.2, 0.25) is 0 Å². The van der Waals surface area contributed by atoms with Gasteiger partial charge in [0, 0.05) is 10.1 Å². The lowest BCUT2D eigenvalue weighted by Gasteiger charge is -2.08. The Bertz CT molecular complexity index is 319. The zero-order valence-electron chi connectivity index (χ0n) is 9.06. The molecule has 0 amide bonds. The van der Waals surface area contributed by atoms with Gasteiger partial charge in [-0.2, -0.15) is 0 Å². The quantitative estimate of drug-likeness (QED) is 0.780. The van der Waals surface area contributed by atoms with Gasteiger partial charge in [-0.3, -0.25) is 4.79 Å². The lowest BCUT2D eigenvalue weighted by atomic mass is 10.2. The SMILES string of the molecule is CCC(C)Sc1ccc(CC(=O)O)cc1. The van der Waals surface area contributed by atoms with Gasteiger partial charge < -0.3 is 5.11 Å². The van der Waals surface area contributed by atoms with Crippen LogP contribution >= 0.6 is 11.8 Å². The van der Waals surface area contributed by atoms with E-state index >= 15 is 0 Å². The Morgan fingerprint density at radius 3 is 2.47 bits per heavy atom. The standard InChI is InChI=1S/C12H16O2S/c1-3-9(2)15-11-6-4-10(5-7-11)8-12(13)14/h4-7,9H,3,8H2,1-2H3,(H,13,14). The third-order valence-corrected chi connectivity index (χ3v) is 3.47. The summed E-state index contributed by atoms with van der Waals surface area (Å²) in [5.41, 5.74) is 0.857. The van der Waals surface area contributed by atoms with Crippen molar-refractivity contribution < 1.29 is 9.90 Å². The number of hydrogen-bond donors (Lipinski definition) is 1. The summed E-state index contributed by atoms with van der Waals surface area (Å²) in [7, 11) is 0. The molecular formula is C12H16O2S. The van der Waals surface area contributed by atoms with Gasteiger partial charge in [0.05, 0.1) is 6.42 Å². The summed E-state index contributed by atoms with van der Waals surface area (Å²) in [5.74, 6) is -0.780. The van der Waals surface area contributed by atoms with Crippen molar-refractivity contribution >= 4 is 17.7 Å². The molecule has 0 spiro atoms. The van der Waals surface area contributed by atoms with Crippen molar-refractivity contribution in [3.8, 4) is 0 Å². The molecule has 15 heavy (non-hydrogen) atoms. The minimum absolute atomic E-state index is 0.105. The molecule has 1 rings (SSSR count). The average Bonchev–Trinajstić information content (AvgIpc) is 2.20. The minimum Gasteiger partial charge on any atom is -0.481 e. The molecule has 0 bridgehead atoms. The second-order valence-corrected chi connectivity index (χ2v) is 5.06. The number of aliphatic carboxylic acids is 1. The van der Waals surface area contributed by atoms with Crippen molar-refractivity contribution in [2.24, 2.45) is 0 Å². The van der Waals surface area contributed by atoms with Crippen LogP contribution in [-0.2, 0) is 11.2 Å². The maximum Gasteiger partial charge on any atom is 0.307 e. The zero-order chi connectivity index (χ0) is 11.3. The molecule has 0 aliphatic carbocycles. The van der Waals surface area contributed by atoms with E-state index in [1.54, 1.807) is 0 Å². The second kappa shape index (κ2) is 5.81. The summed E-state index contributed by atoms with van der Waals surface area (Å²) in [6.07, 6.45) is 1.25. The monoisotopic (exact) mass is 224 g/mol. The topological polar surface area (TPSA) is 37.3 Å². The summed E-state index contributed by atoms with van der Waals surface area (Å²) in [6, 6.07) is 7.77. The van der Waals surface area contributed by atoms with Crippen LogP contribution in [0, 0.1) is 0 Å². The van der Waals surface area contributed by atoms with E-state index < -0.39 is 5.97 Å². The molecule has 1 unspecified atom stereocenters. The highest BCUT2D eigenvalue weighted by Crippen LogP contribution is 2.25. The maximum atomic E-state index is 10.5. The van der Waals surface area contributed by atoms with Crippen LogP contribution in [0.2, 0.25) is 0 Å². The highest BCUT2D eigenvalue weighted by molar-refractivity contribution is 7.99. The Balaban J connectivity index is 2.60. The van der Waals surface area contributed by atoms with E-state index in [-0.39, 0.29) is 6.42 Å². The van der Waals surface area contributed by atoms with Gasteiger partial charge in [0.25, 0.3) is 0 Å². The number of thioether (sulfide) groups is 1. The Hall–Kier alpha value is -0.960. The normalized spacial score (nSPS) is 12.4. The van der Waals surface area contributed by atoms with Gasteiger partial charge in [-0.15, -0.1) is 11.8 Å². The van der Waals surface area contributed by atoms with Crippen molar-refractivity contribution in [1.29, 1.82) is 0 Å². The molecule has 0 radical (unpaired) electrons. The summed E-state index contributed by atoms with van der Waals surface area (Å²) in [4.78, 5) is 11.7. The molecule has 2 nitrogen and oxygen atoms in total. The van der Waals surface area contributed by atoms with E-state index in [4.69, 9.17) is 5.11 Å². The Morgan fingerprint density at radius 2 is 2.00 bits per heavy atom. The molecule has 0 saturated heterocycles.